The smallest absolute Gasteiger partial charge is 0.255 e. The molecule has 9 heteroatoms. The van der Waals surface area contributed by atoms with Gasteiger partial charge in [-0.3, -0.25) is 24.6 Å². The number of hydrogen-bond acceptors (Lipinski definition) is 7. The van der Waals surface area contributed by atoms with Gasteiger partial charge in [0.05, 0.1) is 0 Å². The van der Waals surface area contributed by atoms with Gasteiger partial charge in [-0.05, 0) is 109 Å². The number of nitrogens with zero attached hydrogens (tertiary/aromatic N) is 4. The molecule has 3 amide bonds. The molecule has 3 atom stereocenters. The Kier molecular flexibility index (Phi) is 9.02. The number of phenolic OH excluding ortho intramolecular Hbond substituents is 1. The van der Waals surface area contributed by atoms with Crippen LogP contribution in [0.15, 0.2) is 60.7 Å². The Labute approximate surface area is 295 Å². The van der Waals surface area contributed by atoms with Crippen LogP contribution >= 0.6 is 0 Å². The van der Waals surface area contributed by atoms with E-state index in [0.29, 0.717) is 42.0 Å². The van der Waals surface area contributed by atoms with E-state index < -0.39 is 6.04 Å². The maximum Gasteiger partial charge on any atom is 0.255 e. The standard InChI is InChI=1S/C41H49N5O4/c1-2-28-3-4-30-24-34(47)10-12-35(30)39(28)29-5-7-32(8-6-29)44-17-15-27(16-18-44)25-43-19-21-45(22-20-43)33-9-11-36-31(23-33)26-46(41(36)50)37-13-14-38(48)42-40(37)49/h5-12,23-24,27-28,37,39,47H,2-4,13-22,25-26H2,1H3,(H,42,48,49)/t28-,37-,39+/m1/s1. The molecular weight excluding hydrogens is 626 g/mol. The van der Waals surface area contributed by atoms with Gasteiger partial charge >= 0.3 is 0 Å². The van der Waals surface area contributed by atoms with Crippen LogP contribution in [0.4, 0.5) is 11.4 Å². The van der Waals surface area contributed by atoms with Gasteiger partial charge in [0.15, 0.2) is 0 Å². The van der Waals surface area contributed by atoms with E-state index in [4.69, 9.17) is 0 Å². The number of imide groups is 1. The van der Waals surface area contributed by atoms with E-state index in [0.717, 1.165) is 63.5 Å². The summed E-state index contributed by atoms with van der Waals surface area (Å²) in [6, 6.07) is 20.8. The van der Waals surface area contributed by atoms with Gasteiger partial charge in [-0.2, -0.15) is 0 Å². The Hall–Kier alpha value is -4.37. The molecule has 5 aliphatic rings. The first kappa shape index (κ1) is 32.8. The fourth-order valence-electron chi connectivity index (χ4n) is 9.34. The van der Waals surface area contributed by atoms with Gasteiger partial charge in [-0.1, -0.05) is 31.5 Å². The van der Waals surface area contributed by atoms with Crippen LogP contribution in [0.2, 0.25) is 0 Å². The summed E-state index contributed by atoms with van der Waals surface area (Å²) >= 11 is 0. The lowest BCUT2D eigenvalue weighted by Gasteiger charge is -2.40. The van der Waals surface area contributed by atoms with Gasteiger partial charge in [0, 0.05) is 81.6 Å². The zero-order valence-electron chi connectivity index (χ0n) is 29.2. The number of piperidine rings is 2. The monoisotopic (exact) mass is 675 g/mol. The van der Waals surface area contributed by atoms with Gasteiger partial charge in [0.1, 0.15) is 11.8 Å². The van der Waals surface area contributed by atoms with Crippen molar-refractivity contribution in [2.24, 2.45) is 11.8 Å². The van der Waals surface area contributed by atoms with E-state index in [1.54, 1.807) is 4.90 Å². The third-order valence-corrected chi connectivity index (χ3v) is 12.2. The fourth-order valence-corrected chi connectivity index (χ4v) is 9.34. The SMILES string of the molecule is CC[C@@H]1CCc2cc(O)ccc2[C@@H]1c1ccc(N2CCC(CN3CCN(c4ccc5c(c4)CN([C@@H]4CCC(=O)NC4=O)C5=O)CC3)CC2)cc1. The number of carbonyl (C=O) groups is 3. The number of rotatable bonds is 7. The van der Waals surface area contributed by atoms with Crippen LogP contribution in [0, 0.1) is 11.8 Å². The molecular formula is C41H49N5O4. The van der Waals surface area contributed by atoms with Crippen LogP contribution in [0.1, 0.15) is 84.0 Å². The first-order valence-electron chi connectivity index (χ1n) is 18.8. The van der Waals surface area contributed by atoms with Crippen molar-refractivity contribution in [3.63, 3.8) is 0 Å². The Balaban J connectivity index is 0.820. The van der Waals surface area contributed by atoms with Crippen LogP contribution in [0.5, 0.6) is 5.75 Å². The molecule has 0 bridgehead atoms. The molecule has 4 aliphatic heterocycles. The molecule has 8 rings (SSSR count). The number of carbonyl (C=O) groups excluding carboxylic acids is 3. The van der Waals surface area contributed by atoms with E-state index in [1.165, 1.54) is 48.1 Å². The van der Waals surface area contributed by atoms with Crippen molar-refractivity contribution in [3.8, 4) is 5.75 Å². The summed E-state index contributed by atoms with van der Waals surface area (Å²) in [7, 11) is 0. The number of nitrogens with one attached hydrogen (secondary N) is 1. The summed E-state index contributed by atoms with van der Waals surface area (Å²) < 4.78 is 0. The maximum atomic E-state index is 13.1. The number of hydrogen-bond donors (Lipinski definition) is 2. The summed E-state index contributed by atoms with van der Waals surface area (Å²) in [5.41, 5.74) is 8.17. The molecule has 3 fully saturated rings. The topological polar surface area (TPSA) is 96.4 Å². The zero-order chi connectivity index (χ0) is 34.4. The van der Waals surface area contributed by atoms with Crippen molar-refractivity contribution in [1.29, 1.82) is 0 Å². The third-order valence-electron chi connectivity index (χ3n) is 12.2. The Morgan fingerprint density at radius 2 is 1.50 bits per heavy atom. The summed E-state index contributed by atoms with van der Waals surface area (Å²) in [4.78, 5) is 46.4. The first-order valence-corrected chi connectivity index (χ1v) is 18.8. The van der Waals surface area contributed by atoms with Crippen LogP contribution in [-0.4, -0.2) is 84.5 Å². The van der Waals surface area contributed by atoms with E-state index in [9.17, 15) is 19.5 Å². The molecule has 3 aromatic carbocycles. The average molecular weight is 676 g/mol. The van der Waals surface area contributed by atoms with Gasteiger partial charge in [-0.15, -0.1) is 0 Å². The van der Waals surface area contributed by atoms with Crippen molar-refractivity contribution < 1.29 is 19.5 Å². The van der Waals surface area contributed by atoms with E-state index >= 15 is 0 Å². The predicted molar refractivity (Wildman–Crippen MR) is 195 cm³/mol. The fraction of sp³-hybridized carbons (Fsp3) is 0.488. The lowest BCUT2D eigenvalue weighted by atomic mass is 9.71. The van der Waals surface area contributed by atoms with Gasteiger partial charge < -0.3 is 19.8 Å². The lowest BCUT2D eigenvalue weighted by molar-refractivity contribution is -0.136. The highest BCUT2D eigenvalue weighted by molar-refractivity contribution is 6.05. The lowest BCUT2D eigenvalue weighted by Crippen LogP contribution is -2.52. The third kappa shape index (κ3) is 6.36. The molecule has 0 radical (unpaired) electrons. The average Bonchev–Trinajstić information content (AvgIpc) is 3.46. The first-order chi connectivity index (χ1) is 24.3. The largest absolute Gasteiger partial charge is 0.508 e. The zero-order valence-corrected chi connectivity index (χ0v) is 29.2. The Bertz CT molecular complexity index is 1760. The second kappa shape index (κ2) is 13.7. The molecule has 0 unspecified atom stereocenters. The second-order valence-electron chi connectivity index (χ2n) is 15.1. The molecule has 50 heavy (non-hydrogen) atoms. The quantitative estimate of drug-likeness (QED) is 0.329. The van der Waals surface area contributed by atoms with Crippen LogP contribution < -0.4 is 15.1 Å². The van der Waals surface area contributed by atoms with E-state index in [1.807, 2.05) is 24.3 Å². The molecule has 0 aromatic heterocycles. The number of benzene rings is 3. The maximum absolute atomic E-state index is 13.1. The van der Waals surface area contributed by atoms with Crippen LogP contribution in [0.25, 0.3) is 0 Å². The molecule has 1 aliphatic carbocycles. The van der Waals surface area contributed by atoms with Crippen molar-refractivity contribution in [1.82, 2.24) is 15.1 Å². The number of aromatic hydroxyl groups is 1. The van der Waals surface area contributed by atoms with Crippen LogP contribution in [0.3, 0.4) is 0 Å². The van der Waals surface area contributed by atoms with Crippen LogP contribution in [-0.2, 0) is 22.6 Å². The van der Waals surface area contributed by atoms with Gasteiger partial charge in [-0.25, -0.2) is 0 Å². The van der Waals surface area contributed by atoms with Crippen molar-refractivity contribution in [2.45, 2.75) is 70.4 Å². The highest BCUT2D eigenvalue weighted by Crippen LogP contribution is 2.44. The number of anilines is 2. The number of aryl methyl sites for hydroxylation is 1. The molecule has 3 saturated heterocycles. The highest BCUT2D eigenvalue weighted by atomic mass is 16.3. The normalized spacial score (nSPS) is 24.7. The molecule has 3 aromatic rings. The summed E-state index contributed by atoms with van der Waals surface area (Å²) in [6.45, 7) is 10.0. The van der Waals surface area contributed by atoms with E-state index in [2.05, 4.69) is 63.3 Å². The molecule has 0 saturated carbocycles. The number of phenols is 1. The molecule has 9 nitrogen and oxygen atoms in total. The molecule has 4 heterocycles. The van der Waals surface area contributed by atoms with Gasteiger partial charge in [0.25, 0.3) is 5.91 Å². The van der Waals surface area contributed by atoms with Crippen molar-refractivity contribution >= 4 is 29.1 Å². The van der Waals surface area contributed by atoms with Crippen molar-refractivity contribution in [3.05, 3.63) is 88.5 Å². The molecule has 262 valence electrons. The summed E-state index contributed by atoms with van der Waals surface area (Å²) in [6.07, 6.45) is 6.46. The molecule has 0 spiro atoms. The molecule has 2 N–H and O–H groups in total. The second-order valence-corrected chi connectivity index (χ2v) is 15.1. The Morgan fingerprint density at radius 3 is 2.24 bits per heavy atom. The van der Waals surface area contributed by atoms with Crippen molar-refractivity contribution in [2.75, 3.05) is 55.6 Å². The minimum Gasteiger partial charge on any atom is -0.508 e. The highest BCUT2D eigenvalue weighted by Gasteiger charge is 2.39. The van der Waals surface area contributed by atoms with Gasteiger partial charge in [0.2, 0.25) is 11.8 Å². The summed E-state index contributed by atoms with van der Waals surface area (Å²) in [5, 5.41) is 12.4. The van der Waals surface area contributed by atoms with E-state index in [-0.39, 0.29) is 24.1 Å². The minimum atomic E-state index is -0.580. The number of amides is 3. The number of fused-ring (bicyclic) bond motifs is 2. The predicted octanol–water partition coefficient (Wildman–Crippen LogP) is 5.30. The summed E-state index contributed by atoms with van der Waals surface area (Å²) in [5.74, 6) is 1.36. The minimum absolute atomic E-state index is 0.118. The number of piperazine rings is 1. The Morgan fingerprint density at radius 1 is 0.760 bits per heavy atom.